The molecule has 5 nitrogen and oxygen atoms in total. The number of aromatic nitrogens is 1. The Morgan fingerprint density at radius 2 is 2.11 bits per heavy atom. The highest BCUT2D eigenvalue weighted by Gasteiger charge is 2.26. The van der Waals surface area contributed by atoms with Gasteiger partial charge in [0.25, 0.3) is 5.91 Å². The molecule has 19 heavy (non-hydrogen) atoms. The number of carbonyl (C=O) groups is 2. The molecule has 100 valence electrons. The largest absolute Gasteiger partial charge is 0.480 e. The van der Waals surface area contributed by atoms with Crippen LogP contribution in [0.25, 0.3) is 10.9 Å². The molecule has 2 N–H and O–H groups in total. The zero-order valence-electron chi connectivity index (χ0n) is 10.9. The summed E-state index contributed by atoms with van der Waals surface area (Å²) < 4.78 is 0. The molecule has 0 aliphatic rings. The quantitative estimate of drug-likeness (QED) is 0.884. The minimum atomic E-state index is -0.986. The van der Waals surface area contributed by atoms with Crippen molar-refractivity contribution in [1.82, 2.24) is 9.88 Å². The van der Waals surface area contributed by atoms with Gasteiger partial charge in [-0.3, -0.25) is 4.79 Å². The van der Waals surface area contributed by atoms with E-state index >= 15 is 0 Å². The molecule has 1 atom stereocenters. The number of hydrogen-bond donors (Lipinski definition) is 2. The van der Waals surface area contributed by atoms with Gasteiger partial charge in [0.2, 0.25) is 0 Å². The van der Waals surface area contributed by atoms with Crippen LogP contribution in [0.2, 0.25) is 0 Å². The lowest BCUT2D eigenvalue weighted by Crippen LogP contribution is -2.42. The van der Waals surface area contributed by atoms with Gasteiger partial charge in [-0.2, -0.15) is 0 Å². The van der Waals surface area contributed by atoms with Gasteiger partial charge in [-0.05, 0) is 24.6 Å². The first-order valence-electron chi connectivity index (χ1n) is 6.12. The van der Waals surface area contributed by atoms with Crippen LogP contribution in [-0.4, -0.2) is 40.0 Å². The summed E-state index contributed by atoms with van der Waals surface area (Å²) in [5, 5.41) is 9.92. The number of carboxylic acids is 1. The van der Waals surface area contributed by atoms with Gasteiger partial charge in [-0.25, -0.2) is 4.79 Å². The lowest BCUT2D eigenvalue weighted by Gasteiger charge is -2.24. The fourth-order valence-corrected chi connectivity index (χ4v) is 2.22. The van der Waals surface area contributed by atoms with Crippen LogP contribution in [0.4, 0.5) is 0 Å². The molecule has 0 fully saturated rings. The van der Waals surface area contributed by atoms with Crippen molar-refractivity contribution in [1.29, 1.82) is 0 Å². The summed E-state index contributed by atoms with van der Waals surface area (Å²) >= 11 is 0. The van der Waals surface area contributed by atoms with Crippen molar-refractivity contribution < 1.29 is 14.7 Å². The molecule has 1 unspecified atom stereocenters. The fourth-order valence-electron chi connectivity index (χ4n) is 2.22. The van der Waals surface area contributed by atoms with E-state index in [0.29, 0.717) is 12.0 Å². The first-order valence-corrected chi connectivity index (χ1v) is 6.12. The molecule has 0 radical (unpaired) electrons. The van der Waals surface area contributed by atoms with E-state index in [-0.39, 0.29) is 5.91 Å². The maximum atomic E-state index is 12.4. The van der Waals surface area contributed by atoms with Crippen molar-refractivity contribution in [2.75, 3.05) is 7.05 Å². The number of carbonyl (C=O) groups excluding carboxylic acids is 1. The maximum Gasteiger partial charge on any atom is 0.326 e. The second-order valence-electron chi connectivity index (χ2n) is 4.42. The number of hydrogen-bond acceptors (Lipinski definition) is 2. The minimum absolute atomic E-state index is 0.278. The van der Waals surface area contributed by atoms with Gasteiger partial charge < -0.3 is 15.0 Å². The molecule has 1 heterocycles. The second kappa shape index (κ2) is 5.14. The van der Waals surface area contributed by atoms with Gasteiger partial charge in [0.15, 0.2) is 0 Å². The zero-order chi connectivity index (χ0) is 14.0. The van der Waals surface area contributed by atoms with Gasteiger partial charge in [0.1, 0.15) is 6.04 Å². The van der Waals surface area contributed by atoms with Gasteiger partial charge in [0.05, 0.1) is 0 Å². The lowest BCUT2D eigenvalue weighted by molar-refractivity contribution is -0.142. The normalized spacial score (nSPS) is 12.3. The molecule has 0 saturated heterocycles. The van der Waals surface area contributed by atoms with Crippen LogP contribution < -0.4 is 0 Å². The predicted molar refractivity (Wildman–Crippen MR) is 72.1 cm³/mol. The van der Waals surface area contributed by atoms with Crippen LogP contribution in [0.15, 0.2) is 30.5 Å². The lowest BCUT2D eigenvalue weighted by atomic mass is 10.1. The molecular formula is C14H16N2O3. The SMILES string of the molecule is CCC(C(=O)O)N(C)C(=O)c1cccc2[nH]ccc12. The maximum absolute atomic E-state index is 12.4. The van der Waals surface area contributed by atoms with E-state index in [9.17, 15) is 9.59 Å². The van der Waals surface area contributed by atoms with E-state index in [2.05, 4.69) is 4.98 Å². The first kappa shape index (κ1) is 13.1. The molecule has 0 spiro atoms. The zero-order valence-corrected chi connectivity index (χ0v) is 10.9. The minimum Gasteiger partial charge on any atom is -0.480 e. The highest BCUT2D eigenvalue weighted by molar-refractivity contribution is 6.07. The number of aliphatic carboxylic acids is 1. The van der Waals surface area contributed by atoms with Crippen LogP contribution in [0, 0.1) is 0 Å². The molecule has 2 aromatic rings. The Morgan fingerprint density at radius 3 is 2.74 bits per heavy atom. The summed E-state index contributed by atoms with van der Waals surface area (Å²) in [5.74, 6) is -1.26. The van der Waals surface area contributed by atoms with Crippen molar-refractivity contribution in [3.63, 3.8) is 0 Å². The van der Waals surface area contributed by atoms with Gasteiger partial charge in [0, 0.05) is 29.7 Å². The smallest absolute Gasteiger partial charge is 0.326 e. The Balaban J connectivity index is 2.38. The van der Waals surface area contributed by atoms with E-state index < -0.39 is 12.0 Å². The second-order valence-corrected chi connectivity index (χ2v) is 4.42. The summed E-state index contributed by atoms with van der Waals surface area (Å²) in [6.07, 6.45) is 2.14. The Kier molecular flexibility index (Phi) is 3.55. The number of nitrogens with zero attached hydrogens (tertiary/aromatic N) is 1. The van der Waals surface area contributed by atoms with E-state index in [1.165, 1.54) is 11.9 Å². The number of amides is 1. The van der Waals surface area contributed by atoms with Crippen molar-refractivity contribution >= 4 is 22.8 Å². The number of nitrogens with one attached hydrogen (secondary N) is 1. The molecule has 1 aromatic heterocycles. The van der Waals surface area contributed by atoms with Gasteiger partial charge >= 0.3 is 5.97 Å². The van der Waals surface area contributed by atoms with Crippen molar-refractivity contribution in [3.8, 4) is 0 Å². The molecular weight excluding hydrogens is 244 g/mol. The van der Waals surface area contributed by atoms with E-state index in [1.807, 2.05) is 12.1 Å². The number of H-pyrrole nitrogens is 1. The van der Waals surface area contributed by atoms with Gasteiger partial charge in [-0.1, -0.05) is 13.0 Å². The number of fused-ring (bicyclic) bond motifs is 1. The summed E-state index contributed by atoms with van der Waals surface area (Å²) in [4.78, 5) is 27.8. The molecule has 0 aliphatic heterocycles. The van der Waals surface area contributed by atoms with Crippen molar-refractivity contribution in [2.45, 2.75) is 19.4 Å². The fraction of sp³-hybridized carbons (Fsp3) is 0.286. The van der Waals surface area contributed by atoms with Crippen LogP contribution in [0.5, 0.6) is 0 Å². The Bertz CT molecular complexity index is 618. The summed E-state index contributed by atoms with van der Waals surface area (Å²) in [7, 11) is 1.52. The number of aromatic amines is 1. The summed E-state index contributed by atoms with van der Waals surface area (Å²) in [5.41, 5.74) is 1.38. The predicted octanol–water partition coefficient (Wildman–Crippen LogP) is 2.10. The first-order chi connectivity index (χ1) is 9.06. The number of benzene rings is 1. The highest BCUT2D eigenvalue weighted by Crippen LogP contribution is 2.20. The highest BCUT2D eigenvalue weighted by atomic mass is 16.4. The Labute approximate surface area is 110 Å². The number of rotatable bonds is 4. The third-order valence-electron chi connectivity index (χ3n) is 3.28. The van der Waals surface area contributed by atoms with E-state index in [0.717, 1.165) is 10.9 Å². The topological polar surface area (TPSA) is 73.4 Å². The molecule has 1 amide bonds. The monoisotopic (exact) mass is 260 g/mol. The number of carboxylic acid groups (broad SMARTS) is 1. The average Bonchev–Trinajstić information content (AvgIpc) is 2.86. The molecule has 0 saturated carbocycles. The molecule has 5 heteroatoms. The standard InChI is InChI=1S/C14H16N2O3/c1-3-12(14(18)19)16(2)13(17)10-5-4-6-11-9(10)7-8-15-11/h4-8,12,15H,3H2,1-2H3,(H,18,19). The van der Waals surface area contributed by atoms with Crippen LogP contribution >= 0.6 is 0 Å². The summed E-state index contributed by atoms with van der Waals surface area (Å²) in [6.45, 7) is 1.75. The van der Waals surface area contributed by atoms with E-state index in [4.69, 9.17) is 5.11 Å². The molecule has 2 rings (SSSR count). The molecule has 0 bridgehead atoms. The Hall–Kier alpha value is -2.30. The van der Waals surface area contributed by atoms with E-state index in [1.54, 1.807) is 25.3 Å². The Morgan fingerprint density at radius 1 is 1.37 bits per heavy atom. The van der Waals surface area contributed by atoms with Crippen LogP contribution in [-0.2, 0) is 4.79 Å². The molecule has 1 aromatic carbocycles. The third kappa shape index (κ3) is 2.31. The van der Waals surface area contributed by atoms with Gasteiger partial charge in [-0.15, -0.1) is 0 Å². The van der Waals surface area contributed by atoms with Crippen LogP contribution in [0.1, 0.15) is 23.7 Å². The number of likely N-dealkylation sites (N-methyl/N-ethyl adjacent to an activating group) is 1. The van der Waals surface area contributed by atoms with Crippen molar-refractivity contribution in [3.05, 3.63) is 36.0 Å². The third-order valence-corrected chi connectivity index (χ3v) is 3.28. The summed E-state index contributed by atoms with van der Waals surface area (Å²) in [6, 6.07) is 6.38. The van der Waals surface area contributed by atoms with Crippen LogP contribution in [0.3, 0.4) is 0 Å². The molecule has 0 aliphatic carbocycles. The van der Waals surface area contributed by atoms with Crippen molar-refractivity contribution in [2.24, 2.45) is 0 Å². The average molecular weight is 260 g/mol.